The third-order valence-corrected chi connectivity index (χ3v) is 5.15. The third kappa shape index (κ3) is 3.38. The van der Waals surface area contributed by atoms with Gasteiger partial charge >= 0.3 is 0 Å². The number of anilines is 2. The highest BCUT2D eigenvalue weighted by Gasteiger charge is 2.36. The molecule has 134 valence electrons. The molecule has 1 aromatic rings. The van der Waals surface area contributed by atoms with Crippen LogP contribution in [0.2, 0.25) is 0 Å². The van der Waals surface area contributed by atoms with E-state index in [0.29, 0.717) is 13.1 Å². The molecule has 0 spiro atoms. The Morgan fingerprint density at radius 1 is 1.36 bits per heavy atom. The summed E-state index contributed by atoms with van der Waals surface area (Å²) in [6, 6.07) is 5.87. The zero-order valence-corrected chi connectivity index (χ0v) is 15.0. The molecule has 1 aromatic carbocycles. The Kier molecular flexibility index (Phi) is 4.79. The number of carbonyl (C=O) groups excluding carboxylic acids is 3. The molecule has 0 aromatic heterocycles. The predicted octanol–water partition coefficient (Wildman–Crippen LogP) is 1.86. The van der Waals surface area contributed by atoms with Crippen LogP contribution in [0.3, 0.4) is 0 Å². The lowest BCUT2D eigenvalue weighted by atomic mass is 10.1. The van der Waals surface area contributed by atoms with Crippen LogP contribution in [0, 0.1) is 5.92 Å². The van der Waals surface area contributed by atoms with Crippen molar-refractivity contribution in [1.29, 1.82) is 0 Å². The summed E-state index contributed by atoms with van der Waals surface area (Å²) in [5.41, 5.74) is 2.81. The molecule has 2 aliphatic rings. The minimum atomic E-state index is -0.302. The maximum Gasteiger partial charge on any atom is 0.227 e. The fourth-order valence-corrected chi connectivity index (χ4v) is 3.48. The molecule has 2 heterocycles. The van der Waals surface area contributed by atoms with Crippen LogP contribution >= 0.6 is 0 Å². The average Bonchev–Trinajstić information content (AvgIpc) is 3.17. The number of hydrogen-bond donors (Lipinski definition) is 1. The Bertz CT molecular complexity index is 716. The standard InChI is InChI=1S/C19H25N3O3/c1-4-12(2)20-19(25)15-10-18(24)22(11-15)16-5-6-17-14(9-16)7-8-21(17)13(3)23/h5-6,9,12,15H,4,7-8,10-11H2,1-3H3,(H,20,25). The van der Waals surface area contributed by atoms with Gasteiger partial charge in [-0.2, -0.15) is 0 Å². The van der Waals surface area contributed by atoms with Gasteiger partial charge in [0.15, 0.2) is 0 Å². The maximum atomic E-state index is 12.4. The van der Waals surface area contributed by atoms with Crippen LogP contribution in [-0.4, -0.2) is 36.9 Å². The smallest absolute Gasteiger partial charge is 0.227 e. The van der Waals surface area contributed by atoms with Crippen molar-refractivity contribution in [2.45, 2.75) is 46.1 Å². The van der Waals surface area contributed by atoms with Crippen molar-refractivity contribution in [3.8, 4) is 0 Å². The number of rotatable bonds is 4. The highest BCUT2D eigenvalue weighted by atomic mass is 16.2. The van der Waals surface area contributed by atoms with Gasteiger partial charge in [0, 0.05) is 43.9 Å². The van der Waals surface area contributed by atoms with E-state index in [-0.39, 0.29) is 36.1 Å². The van der Waals surface area contributed by atoms with E-state index in [1.54, 1.807) is 16.7 Å². The highest BCUT2D eigenvalue weighted by Crippen LogP contribution is 2.34. The van der Waals surface area contributed by atoms with Crippen molar-refractivity contribution in [3.05, 3.63) is 23.8 Å². The number of nitrogens with one attached hydrogen (secondary N) is 1. The number of nitrogens with zero attached hydrogens (tertiary/aromatic N) is 2. The number of amides is 3. The van der Waals surface area contributed by atoms with Gasteiger partial charge in [0.05, 0.1) is 5.92 Å². The quantitative estimate of drug-likeness (QED) is 0.907. The van der Waals surface area contributed by atoms with E-state index in [9.17, 15) is 14.4 Å². The second kappa shape index (κ2) is 6.86. The van der Waals surface area contributed by atoms with Crippen LogP contribution in [0.15, 0.2) is 18.2 Å². The normalized spacial score (nSPS) is 20.6. The molecule has 3 amide bonds. The minimum absolute atomic E-state index is 0.0225. The average molecular weight is 343 g/mol. The van der Waals surface area contributed by atoms with Gasteiger partial charge in [-0.15, -0.1) is 0 Å². The van der Waals surface area contributed by atoms with Gasteiger partial charge in [0.2, 0.25) is 17.7 Å². The van der Waals surface area contributed by atoms with Gasteiger partial charge in [-0.3, -0.25) is 14.4 Å². The molecule has 1 saturated heterocycles. The van der Waals surface area contributed by atoms with Gasteiger partial charge in [-0.1, -0.05) is 6.92 Å². The number of benzene rings is 1. The molecule has 0 saturated carbocycles. The first-order chi connectivity index (χ1) is 11.9. The monoisotopic (exact) mass is 343 g/mol. The SMILES string of the molecule is CCC(C)NC(=O)C1CC(=O)N(c2ccc3c(c2)CCN3C(C)=O)C1. The zero-order chi connectivity index (χ0) is 18.1. The van der Waals surface area contributed by atoms with Gasteiger partial charge < -0.3 is 15.1 Å². The van der Waals surface area contributed by atoms with Crippen molar-refractivity contribution in [3.63, 3.8) is 0 Å². The molecule has 1 N–H and O–H groups in total. The van der Waals surface area contributed by atoms with Crippen LogP contribution < -0.4 is 15.1 Å². The summed E-state index contributed by atoms with van der Waals surface area (Å²) in [6.07, 6.45) is 1.91. The molecule has 1 fully saturated rings. The molecule has 0 aliphatic carbocycles. The summed E-state index contributed by atoms with van der Waals surface area (Å²) in [7, 11) is 0. The molecular weight excluding hydrogens is 318 g/mol. The topological polar surface area (TPSA) is 69.7 Å². The summed E-state index contributed by atoms with van der Waals surface area (Å²) in [4.78, 5) is 39.8. The summed E-state index contributed by atoms with van der Waals surface area (Å²) < 4.78 is 0. The van der Waals surface area contributed by atoms with Gasteiger partial charge in [0.1, 0.15) is 0 Å². The first kappa shape index (κ1) is 17.5. The van der Waals surface area contributed by atoms with Crippen molar-refractivity contribution < 1.29 is 14.4 Å². The zero-order valence-electron chi connectivity index (χ0n) is 15.0. The van der Waals surface area contributed by atoms with Crippen molar-refractivity contribution >= 4 is 29.1 Å². The second-order valence-electron chi connectivity index (χ2n) is 6.96. The summed E-state index contributed by atoms with van der Waals surface area (Å²) in [6.45, 7) is 6.64. The first-order valence-electron chi connectivity index (χ1n) is 8.92. The van der Waals surface area contributed by atoms with E-state index in [1.165, 1.54) is 0 Å². The van der Waals surface area contributed by atoms with Gasteiger partial charge in [-0.05, 0) is 43.5 Å². The van der Waals surface area contributed by atoms with Gasteiger partial charge in [-0.25, -0.2) is 0 Å². The number of carbonyl (C=O) groups is 3. The molecule has 25 heavy (non-hydrogen) atoms. The minimum Gasteiger partial charge on any atom is -0.353 e. The number of fused-ring (bicyclic) bond motifs is 1. The maximum absolute atomic E-state index is 12.4. The lowest BCUT2D eigenvalue weighted by molar-refractivity contribution is -0.126. The predicted molar refractivity (Wildman–Crippen MR) is 96.5 cm³/mol. The fraction of sp³-hybridized carbons (Fsp3) is 0.526. The van der Waals surface area contributed by atoms with Crippen molar-refractivity contribution in [2.24, 2.45) is 5.92 Å². The van der Waals surface area contributed by atoms with Crippen LogP contribution in [0.4, 0.5) is 11.4 Å². The molecule has 3 rings (SSSR count). The van der Waals surface area contributed by atoms with E-state index < -0.39 is 0 Å². The molecular formula is C19H25N3O3. The fourth-order valence-electron chi connectivity index (χ4n) is 3.48. The van der Waals surface area contributed by atoms with Crippen LogP contribution in [0.25, 0.3) is 0 Å². The molecule has 2 atom stereocenters. The Labute approximate surface area is 148 Å². The summed E-state index contributed by atoms with van der Waals surface area (Å²) in [5.74, 6) is -0.339. The Hall–Kier alpha value is -2.37. The van der Waals surface area contributed by atoms with Crippen molar-refractivity contribution in [1.82, 2.24) is 5.32 Å². The Balaban J connectivity index is 1.74. The molecule has 6 nitrogen and oxygen atoms in total. The van der Waals surface area contributed by atoms with E-state index in [4.69, 9.17) is 0 Å². The third-order valence-electron chi connectivity index (χ3n) is 5.15. The largest absolute Gasteiger partial charge is 0.353 e. The Morgan fingerprint density at radius 3 is 2.80 bits per heavy atom. The van der Waals surface area contributed by atoms with Crippen LogP contribution in [0.1, 0.15) is 39.2 Å². The molecule has 2 aliphatic heterocycles. The second-order valence-corrected chi connectivity index (χ2v) is 6.96. The number of hydrogen-bond acceptors (Lipinski definition) is 3. The van der Waals surface area contributed by atoms with Crippen LogP contribution in [-0.2, 0) is 20.8 Å². The molecule has 0 radical (unpaired) electrons. The van der Waals surface area contributed by atoms with E-state index in [0.717, 1.165) is 29.8 Å². The Morgan fingerprint density at radius 2 is 2.12 bits per heavy atom. The summed E-state index contributed by atoms with van der Waals surface area (Å²) in [5, 5.41) is 2.96. The molecule has 2 unspecified atom stereocenters. The van der Waals surface area contributed by atoms with Crippen molar-refractivity contribution in [2.75, 3.05) is 22.9 Å². The molecule has 0 bridgehead atoms. The van der Waals surface area contributed by atoms with E-state index >= 15 is 0 Å². The molecule has 6 heteroatoms. The van der Waals surface area contributed by atoms with Crippen LogP contribution in [0.5, 0.6) is 0 Å². The summed E-state index contributed by atoms with van der Waals surface area (Å²) >= 11 is 0. The van der Waals surface area contributed by atoms with E-state index in [2.05, 4.69) is 5.32 Å². The lowest BCUT2D eigenvalue weighted by Crippen LogP contribution is -2.38. The highest BCUT2D eigenvalue weighted by molar-refractivity contribution is 6.01. The lowest BCUT2D eigenvalue weighted by Gasteiger charge is -2.20. The van der Waals surface area contributed by atoms with Gasteiger partial charge in [0.25, 0.3) is 0 Å². The van der Waals surface area contributed by atoms with E-state index in [1.807, 2.05) is 32.0 Å². The first-order valence-corrected chi connectivity index (χ1v) is 8.92.